The van der Waals surface area contributed by atoms with E-state index in [-0.39, 0.29) is 6.04 Å². The first kappa shape index (κ1) is 22.9. The number of fused-ring (bicyclic) bond motifs is 1. The molecule has 0 aliphatic carbocycles. The number of thiophene rings is 1. The maximum atomic E-state index is 4.95. The van der Waals surface area contributed by atoms with Crippen molar-refractivity contribution in [2.24, 2.45) is 5.10 Å². The highest BCUT2D eigenvalue weighted by atomic mass is 32.1. The SMILES string of the molecule is CN(C)C1CCN(c2ccc(Nc3nc(N4N=CCC4c4ccccc4)c4sccc4n3)cc2)CC1. The van der Waals surface area contributed by atoms with Crippen molar-refractivity contribution in [3.05, 3.63) is 71.6 Å². The fraction of sp³-hybridized carbons (Fsp3) is 0.321. The van der Waals surface area contributed by atoms with Gasteiger partial charge < -0.3 is 15.1 Å². The maximum absolute atomic E-state index is 4.95. The second kappa shape index (κ2) is 9.87. The van der Waals surface area contributed by atoms with Crippen molar-refractivity contribution in [3.63, 3.8) is 0 Å². The van der Waals surface area contributed by atoms with Crippen LogP contribution in [-0.2, 0) is 0 Å². The van der Waals surface area contributed by atoms with Gasteiger partial charge in [0, 0.05) is 43.1 Å². The first-order chi connectivity index (χ1) is 17.7. The molecule has 1 saturated heterocycles. The number of nitrogens with one attached hydrogen (secondary N) is 1. The van der Waals surface area contributed by atoms with Crippen molar-refractivity contribution < 1.29 is 0 Å². The number of hydrogen-bond acceptors (Lipinski definition) is 8. The van der Waals surface area contributed by atoms with Crippen LogP contribution in [0.15, 0.2) is 71.1 Å². The third-order valence-electron chi connectivity index (χ3n) is 7.20. The van der Waals surface area contributed by atoms with Crippen LogP contribution in [0.4, 0.5) is 23.1 Å². The fourth-order valence-corrected chi connectivity index (χ4v) is 5.97. The quantitative estimate of drug-likeness (QED) is 0.358. The topological polar surface area (TPSA) is 59.9 Å². The zero-order valence-electron chi connectivity index (χ0n) is 20.7. The predicted octanol–water partition coefficient (Wildman–Crippen LogP) is 5.90. The number of anilines is 4. The number of nitrogens with zero attached hydrogens (tertiary/aromatic N) is 6. The summed E-state index contributed by atoms with van der Waals surface area (Å²) in [6, 6.07) is 22.0. The van der Waals surface area contributed by atoms with E-state index in [0.717, 1.165) is 41.2 Å². The zero-order valence-corrected chi connectivity index (χ0v) is 21.5. The van der Waals surface area contributed by atoms with E-state index in [0.29, 0.717) is 12.0 Å². The molecule has 36 heavy (non-hydrogen) atoms. The highest BCUT2D eigenvalue weighted by Crippen LogP contribution is 2.38. The van der Waals surface area contributed by atoms with Gasteiger partial charge in [-0.15, -0.1) is 11.3 Å². The molecule has 2 aromatic carbocycles. The Bertz CT molecular complexity index is 1340. The minimum atomic E-state index is 0.134. The van der Waals surface area contributed by atoms with Crippen LogP contribution in [0.2, 0.25) is 0 Å². The summed E-state index contributed by atoms with van der Waals surface area (Å²) >= 11 is 1.66. The van der Waals surface area contributed by atoms with Gasteiger partial charge in [-0.25, -0.2) is 9.99 Å². The molecule has 4 heterocycles. The van der Waals surface area contributed by atoms with E-state index >= 15 is 0 Å². The van der Waals surface area contributed by atoms with E-state index in [2.05, 4.69) is 83.1 Å². The third kappa shape index (κ3) is 4.54. The maximum Gasteiger partial charge on any atom is 0.229 e. The molecular formula is C28H31N7S. The first-order valence-corrected chi connectivity index (χ1v) is 13.4. The molecule has 8 heteroatoms. The second-order valence-corrected chi connectivity index (χ2v) is 10.6. The molecule has 2 aromatic heterocycles. The van der Waals surface area contributed by atoms with Gasteiger partial charge in [0.25, 0.3) is 0 Å². The van der Waals surface area contributed by atoms with Crippen LogP contribution >= 0.6 is 11.3 Å². The molecule has 0 amide bonds. The molecule has 1 atom stereocenters. The Morgan fingerprint density at radius 1 is 0.944 bits per heavy atom. The fourth-order valence-electron chi connectivity index (χ4n) is 5.15. The summed E-state index contributed by atoms with van der Waals surface area (Å²) in [7, 11) is 4.36. The number of rotatable bonds is 6. The monoisotopic (exact) mass is 497 g/mol. The number of hydrazone groups is 1. The summed E-state index contributed by atoms with van der Waals surface area (Å²) < 4.78 is 1.05. The van der Waals surface area contributed by atoms with E-state index in [1.807, 2.05) is 23.4 Å². The van der Waals surface area contributed by atoms with Crippen LogP contribution < -0.4 is 15.2 Å². The van der Waals surface area contributed by atoms with E-state index in [1.54, 1.807) is 11.3 Å². The van der Waals surface area contributed by atoms with E-state index in [4.69, 9.17) is 15.1 Å². The van der Waals surface area contributed by atoms with Crippen LogP contribution in [0.5, 0.6) is 0 Å². The van der Waals surface area contributed by atoms with Crippen molar-refractivity contribution in [2.45, 2.75) is 31.3 Å². The van der Waals surface area contributed by atoms with Crippen LogP contribution in [0, 0.1) is 0 Å². The lowest BCUT2D eigenvalue weighted by Gasteiger charge is -2.36. The summed E-state index contributed by atoms with van der Waals surface area (Å²) in [5, 5.41) is 12.3. The number of aromatic nitrogens is 2. The third-order valence-corrected chi connectivity index (χ3v) is 8.10. The molecule has 6 rings (SSSR count). The summed E-state index contributed by atoms with van der Waals surface area (Å²) in [4.78, 5) is 14.6. The Balaban J connectivity index is 1.23. The molecule has 1 fully saturated rings. The van der Waals surface area contributed by atoms with E-state index < -0.39 is 0 Å². The van der Waals surface area contributed by atoms with Crippen LogP contribution in [-0.4, -0.2) is 54.3 Å². The standard InChI is InChI=1S/C28H31N7S/c1-33(2)22-13-17-34(18-14-22)23-10-8-21(9-11-23)30-28-31-24-15-19-36-26(24)27(32-28)35-25(12-16-29-35)20-6-4-3-5-7-20/h3-11,15-16,19,22,25H,12-14,17-18H2,1-2H3,(H,30,31,32). The summed E-state index contributed by atoms with van der Waals surface area (Å²) in [5.74, 6) is 1.44. The Labute approximate surface area is 216 Å². The highest BCUT2D eigenvalue weighted by molar-refractivity contribution is 7.17. The van der Waals surface area contributed by atoms with Crippen molar-refractivity contribution in [1.29, 1.82) is 0 Å². The average Bonchev–Trinajstić information content (AvgIpc) is 3.59. The van der Waals surface area contributed by atoms with Crippen LogP contribution in [0.25, 0.3) is 10.2 Å². The van der Waals surface area contributed by atoms with Gasteiger partial charge in [0.15, 0.2) is 5.82 Å². The molecule has 0 spiro atoms. The summed E-state index contributed by atoms with van der Waals surface area (Å²) in [6.07, 6.45) is 5.24. The molecule has 1 unspecified atom stereocenters. The molecule has 1 N–H and O–H groups in total. The van der Waals surface area contributed by atoms with Gasteiger partial charge in [0.1, 0.15) is 0 Å². The normalized spacial score (nSPS) is 18.5. The highest BCUT2D eigenvalue weighted by Gasteiger charge is 2.28. The molecule has 4 aromatic rings. The largest absolute Gasteiger partial charge is 0.371 e. The van der Waals surface area contributed by atoms with Gasteiger partial charge in [-0.1, -0.05) is 30.3 Å². The zero-order chi connectivity index (χ0) is 24.5. The first-order valence-electron chi connectivity index (χ1n) is 12.6. The van der Waals surface area contributed by atoms with E-state index in [1.165, 1.54) is 24.1 Å². The molecule has 0 bridgehead atoms. The van der Waals surface area contributed by atoms with Crippen LogP contribution in [0.1, 0.15) is 30.9 Å². The number of piperidine rings is 1. The van der Waals surface area contributed by atoms with Crippen molar-refractivity contribution >= 4 is 50.9 Å². The second-order valence-electron chi connectivity index (χ2n) is 9.66. The molecule has 0 radical (unpaired) electrons. The minimum absolute atomic E-state index is 0.134. The van der Waals surface area contributed by atoms with Crippen molar-refractivity contribution in [1.82, 2.24) is 14.9 Å². The van der Waals surface area contributed by atoms with Gasteiger partial charge in [-0.05, 0) is 68.2 Å². The lowest BCUT2D eigenvalue weighted by Crippen LogP contribution is -2.41. The van der Waals surface area contributed by atoms with Crippen molar-refractivity contribution in [2.75, 3.05) is 42.4 Å². The lowest BCUT2D eigenvalue weighted by molar-refractivity contribution is 0.249. The van der Waals surface area contributed by atoms with Gasteiger partial charge in [0.2, 0.25) is 5.95 Å². The minimum Gasteiger partial charge on any atom is -0.371 e. The van der Waals surface area contributed by atoms with E-state index in [9.17, 15) is 0 Å². The van der Waals surface area contributed by atoms with Gasteiger partial charge >= 0.3 is 0 Å². The molecular weight excluding hydrogens is 466 g/mol. The van der Waals surface area contributed by atoms with Crippen LogP contribution in [0.3, 0.4) is 0 Å². The predicted molar refractivity (Wildman–Crippen MR) is 151 cm³/mol. The Kier molecular flexibility index (Phi) is 6.29. The summed E-state index contributed by atoms with van der Waals surface area (Å²) in [5.41, 5.74) is 4.41. The van der Waals surface area contributed by atoms with Gasteiger partial charge in [-0.2, -0.15) is 10.1 Å². The molecule has 7 nitrogen and oxygen atoms in total. The molecule has 2 aliphatic rings. The molecule has 184 valence electrons. The Morgan fingerprint density at radius 3 is 2.47 bits per heavy atom. The average molecular weight is 498 g/mol. The lowest BCUT2D eigenvalue weighted by atomic mass is 10.0. The van der Waals surface area contributed by atoms with Gasteiger partial charge in [0.05, 0.1) is 16.3 Å². The smallest absolute Gasteiger partial charge is 0.229 e. The molecule has 0 saturated carbocycles. The molecule has 2 aliphatic heterocycles. The summed E-state index contributed by atoms with van der Waals surface area (Å²) in [6.45, 7) is 2.19. The number of benzene rings is 2. The number of hydrogen-bond donors (Lipinski definition) is 1. The Hall–Kier alpha value is -3.49. The Morgan fingerprint density at radius 2 is 1.72 bits per heavy atom. The van der Waals surface area contributed by atoms with Gasteiger partial charge in [-0.3, -0.25) is 0 Å². The van der Waals surface area contributed by atoms with Crippen molar-refractivity contribution in [3.8, 4) is 0 Å².